The summed E-state index contributed by atoms with van der Waals surface area (Å²) in [5, 5.41) is 8.08. The molecular weight excluding hydrogens is 108 g/mol. The average Bonchev–Trinajstić information content (AvgIpc) is 1.68. The van der Waals surface area contributed by atoms with Crippen molar-refractivity contribution in [3.8, 4) is 6.07 Å². The predicted molar refractivity (Wildman–Crippen MR) is 32.0 cm³/mol. The Labute approximate surface area is 47.7 Å². The molecule has 0 saturated heterocycles. The lowest BCUT2D eigenvalue weighted by Crippen LogP contribution is -2.19. The van der Waals surface area contributed by atoms with Crippen molar-refractivity contribution < 1.29 is 0 Å². The molecule has 0 fully saturated rings. The molecule has 0 saturated carbocycles. The van der Waals surface area contributed by atoms with Gasteiger partial charge in [0, 0.05) is 5.75 Å². The van der Waals surface area contributed by atoms with Crippen LogP contribution in [-0.4, -0.2) is 18.1 Å². The molecule has 1 atom stereocenters. The Morgan fingerprint density at radius 3 is 2.71 bits per heavy atom. The zero-order chi connectivity index (χ0) is 5.70. The zero-order valence-electron chi connectivity index (χ0n) is 4.22. The van der Waals surface area contributed by atoms with Crippen LogP contribution in [-0.2, 0) is 0 Å². The third kappa shape index (κ3) is 3.64. The second kappa shape index (κ2) is 3.97. The van der Waals surface area contributed by atoms with Gasteiger partial charge >= 0.3 is 0 Å². The number of nitrogens with two attached hydrogens (primary N) is 1. The van der Waals surface area contributed by atoms with Crippen LogP contribution in [0.5, 0.6) is 0 Å². The van der Waals surface area contributed by atoms with Gasteiger partial charge in [-0.1, -0.05) is 0 Å². The molecule has 0 aliphatic carbocycles. The van der Waals surface area contributed by atoms with E-state index in [-0.39, 0.29) is 6.04 Å². The fraction of sp³-hybridized carbons (Fsp3) is 0.750. The van der Waals surface area contributed by atoms with Crippen LogP contribution in [0.15, 0.2) is 0 Å². The van der Waals surface area contributed by atoms with Crippen molar-refractivity contribution in [2.75, 3.05) is 12.0 Å². The van der Waals surface area contributed by atoms with Crippen LogP contribution in [0.1, 0.15) is 0 Å². The SMILES string of the molecule is CSCC(N)C#N. The molecule has 0 radical (unpaired) electrons. The lowest BCUT2D eigenvalue weighted by molar-refractivity contribution is 0.955. The van der Waals surface area contributed by atoms with Crippen molar-refractivity contribution in [2.45, 2.75) is 6.04 Å². The fourth-order valence-corrected chi connectivity index (χ4v) is 0.650. The molecule has 3 heteroatoms. The topological polar surface area (TPSA) is 49.8 Å². The van der Waals surface area contributed by atoms with Gasteiger partial charge in [-0.2, -0.15) is 17.0 Å². The van der Waals surface area contributed by atoms with E-state index >= 15 is 0 Å². The molecule has 1 unspecified atom stereocenters. The normalized spacial score (nSPS) is 12.7. The summed E-state index contributed by atoms with van der Waals surface area (Å²) in [4.78, 5) is 0. The van der Waals surface area contributed by atoms with E-state index in [1.807, 2.05) is 12.3 Å². The van der Waals surface area contributed by atoms with Crippen molar-refractivity contribution in [1.82, 2.24) is 0 Å². The van der Waals surface area contributed by atoms with Gasteiger partial charge in [0.05, 0.1) is 6.07 Å². The van der Waals surface area contributed by atoms with Gasteiger partial charge in [0.1, 0.15) is 6.04 Å². The van der Waals surface area contributed by atoms with Crippen LogP contribution in [0.4, 0.5) is 0 Å². The van der Waals surface area contributed by atoms with Crippen molar-refractivity contribution in [3.05, 3.63) is 0 Å². The van der Waals surface area contributed by atoms with Gasteiger partial charge in [0.25, 0.3) is 0 Å². The number of nitrogens with zero attached hydrogens (tertiary/aromatic N) is 1. The number of rotatable bonds is 2. The summed E-state index contributed by atoms with van der Waals surface area (Å²) in [6.07, 6.45) is 1.93. The summed E-state index contributed by atoms with van der Waals surface area (Å²) in [7, 11) is 0. The van der Waals surface area contributed by atoms with E-state index in [0.717, 1.165) is 5.75 Å². The zero-order valence-corrected chi connectivity index (χ0v) is 5.03. The summed E-state index contributed by atoms with van der Waals surface area (Å²) in [6.45, 7) is 0. The highest BCUT2D eigenvalue weighted by molar-refractivity contribution is 7.98. The van der Waals surface area contributed by atoms with E-state index in [9.17, 15) is 0 Å². The lowest BCUT2D eigenvalue weighted by atomic mass is 10.4. The molecule has 0 rings (SSSR count). The molecule has 2 nitrogen and oxygen atoms in total. The third-order valence-corrected chi connectivity index (χ3v) is 1.20. The Hall–Kier alpha value is -0.200. The monoisotopic (exact) mass is 116 g/mol. The molecule has 7 heavy (non-hydrogen) atoms. The number of nitriles is 1. The quantitative estimate of drug-likeness (QED) is 0.560. The Kier molecular flexibility index (Phi) is 3.86. The van der Waals surface area contributed by atoms with Crippen LogP contribution < -0.4 is 5.73 Å². The molecule has 40 valence electrons. The fourth-order valence-electron chi connectivity index (χ4n) is 0.217. The van der Waals surface area contributed by atoms with E-state index < -0.39 is 0 Å². The van der Waals surface area contributed by atoms with E-state index in [0.29, 0.717) is 0 Å². The first kappa shape index (κ1) is 6.80. The van der Waals surface area contributed by atoms with Crippen LogP contribution >= 0.6 is 11.8 Å². The average molecular weight is 116 g/mol. The Morgan fingerprint density at radius 1 is 2.00 bits per heavy atom. The van der Waals surface area contributed by atoms with Gasteiger partial charge < -0.3 is 5.73 Å². The summed E-state index contributed by atoms with van der Waals surface area (Å²) in [6, 6.07) is 1.64. The molecular formula is C4H8N2S. The van der Waals surface area contributed by atoms with E-state index in [2.05, 4.69) is 0 Å². The van der Waals surface area contributed by atoms with E-state index in [1.165, 1.54) is 0 Å². The maximum Gasteiger partial charge on any atom is 0.102 e. The molecule has 2 N–H and O–H groups in total. The molecule has 0 aromatic carbocycles. The van der Waals surface area contributed by atoms with Crippen LogP contribution in [0.2, 0.25) is 0 Å². The maximum absolute atomic E-state index is 8.08. The highest BCUT2D eigenvalue weighted by atomic mass is 32.2. The molecule has 0 aliphatic heterocycles. The van der Waals surface area contributed by atoms with Crippen molar-refractivity contribution >= 4 is 11.8 Å². The van der Waals surface area contributed by atoms with Crippen LogP contribution in [0.3, 0.4) is 0 Å². The van der Waals surface area contributed by atoms with E-state index in [1.54, 1.807) is 11.8 Å². The van der Waals surface area contributed by atoms with Crippen molar-refractivity contribution in [3.63, 3.8) is 0 Å². The minimum atomic E-state index is -0.282. The Balaban J connectivity index is 3.04. The minimum absolute atomic E-state index is 0.282. The number of thioether (sulfide) groups is 1. The smallest absolute Gasteiger partial charge is 0.102 e. The molecule has 0 heterocycles. The molecule has 0 aliphatic rings. The van der Waals surface area contributed by atoms with Crippen molar-refractivity contribution in [2.24, 2.45) is 5.73 Å². The molecule has 0 bridgehead atoms. The summed E-state index contributed by atoms with van der Waals surface area (Å²) in [5.41, 5.74) is 5.20. The highest BCUT2D eigenvalue weighted by Crippen LogP contribution is 1.91. The largest absolute Gasteiger partial charge is 0.315 e. The standard InChI is InChI=1S/C4H8N2S/c1-7-3-4(6)2-5/h4H,3,6H2,1H3. The number of hydrogen-bond donors (Lipinski definition) is 1. The highest BCUT2D eigenvalue weighted by Gasteiger charge is 1.93. The second-order valence-electron chi connectivity index (χ2n) is 1.19. The Morgan fingerprint density at radius 2 is 2.57 bits per heavy atom. The van der Waals surface area contributed by atoms with Gasteiger partial charge in [-0.3, -0.25) is 0 Å². The Bertz CT molecular complexity index is 76.2. The van der Waals surface area contributed by atoms with Crippen molar-refractivity contribution in [1.29, 1.82) is 5.26 Å². The third-order valence-electron chi connectivity index (χ3n) is 0.512. The summed E-state index contributed by atoms with van der Waals surface area (Å²) in [5.74, 6) is 0.733. The molecule has 0 aromatic rings. The second-order valence-corrected chi connectivity index (χ2v) is 2.10. The molecule has 0 amide bonds. The number of hydrogen-bond acceptors (Lipinski definition) is 3. The lowest BCUT2D eigenvalue weighted by Gasteiger charge is -1.93. The summed E-state index contributed by atoms with van der Waals surface area (Å²) < 4.78 is 0. The van der Waals surface area contributed by atoms with E-state index in [4.69, 9.17) is 11.0 Å². The first-order valence-electron chi connectivity index (χ1n) is 1.95. The van der Waals surface area contributed by atoms with Gasteiger partial charge in [-0.05, 0) is 6.26 Å². The van der Waals surface area contributed by atoms with Gasteiger partial charge in [0.15, 0.2) is 0 Å². The van der Waals surface area contributed by atoms with Gasteiger partial charge in [0.2, 0.25) is 0 Å². The predicted octanol–water partition coefficient (Wildman–Crippen LogP) is 0.200. The van der Waals surface area contributed by atoms with Crippen LogP contribution in [0, 0.1) is 11.3 Å². The molecule has 0 aromatic heterocycles. The van der Waals surface area contributed by atoms with Gasteiger partial charge in [-0.15, -0.1) is 0 Å². The first-order chi connectivity index (χ1) is 3.31. The maximum atomic E-state index is 8.08. The van der Waals surface area contributed by atoms with Gasteiger partial charge in [-0.25, -0.2) is 0 Å². The minimum Gasteiger partial charge on any atom is -0.315 e. The summed E-state index contributed by atoms with van der Waals surface area (Å²) >= 11 is 1.59. The molecule has 0 spiro atoms. The first-order valence-corrected chi connectivity index (χ1v) is 3.34. The van der Waals surface area contributed by atoms with Crippen LogP contribution in [0.25, 0.3) is 0 Å².